The van der Waals surface area contributed by atoms with E-state index in [0.717, 1.165) is 4.68 Å². The average Bonchev–Trinajstić information content (AvgIpc) is 3.19. The lowest BCUT2D eigenvalue weighted by Crippen LogP contribution is -2.15. The van der Waals surface area contributed by atoms with Crippen molar-refractivity contribution in [3.05, 3.63) is 94.0 Å². The molecule has 1 aromatic heterocycles. The summed E-state index contributed by atoms with van der Waals surface area (Å²) >= 11 is 12.2. The number of aryl methyl sites for hydroxylation is 1. The second-order valence-corrected chi connectivity index (χ2v) is 8.01. The standard InChI is InChI=1S/C24H16Cl2F3N3O/c1-32-12-16(22(31-32)23(28)29)24(33)30-21-15(14-7-9-17(25)18(26)11-14)8-10-19(27)20(21)13-5-3-2-4-6-13/h2-12,23H,1H3,(H,30,33). The summed E-state index contributed by atoms with van der Waals surface area (Å²) in [6.07, 6.45) is -1.76. The summed E-state index contributed by atoms with van der Waals surface area (Å²) in [7, 11) is 1.43. The molecule has 33 heavy (non-hydrogen) atoms. The Labute approximate surface area is 197 Å². The van der Waals surface area contributed by atoms with Gasteiger partial charge in [0.15, 0.2) is 0 Å². The van der Waals surface area contributed by atoms with Crippen LogP contribution < -0.4 is 5.32 Å². The van der Waals surface area contributed by atoms with Gasteiger partial charge in [0.25, 0.3) is 12.3 Å². The molecule has 4 aromatic rings. The Morgan fingerprint density at radius 3 is 2.39 bits per heavy atom. The highest BCUT2D eigenvalue weighted by molar-refractivity contribution is 6.42. The minimum Gasteiger partial charge on any atom is -0.321 e. The summed E-state index contributed by atoms with van der Waals surface area (Å²) < 4.78 is 43.1. The number of hydrogen-bond acceptors (Lipinski definition) is 2. The molecule has 0 spiro atoms. The van der Waals surface area contributed by atoms with Crippen LogP contribution in [-0.2, 0) is 7.05 Å². The highest BCUT2D eigenvalue weighted by Gasteiger charge is 2.25. The maximum Gasteiger partial charge on any atom is 0.282 e. The molecule has 0 saturated carbocycles. The summed E-state index contributed by atoms with van der Waals surface area (Å²) in [6.45, 7) is 0. The van der Waals surface area contributed by atoms with E-state index in [2.05, 4.69) is 10.4 Å². The topological polar surface area (TPSA) is 46.9 Å². The quantitative estimate of drug-likeness (QED) is 0.317. The van der Waals surface area contributed by atoms with Gasteiger partial charge in [-0.3, -0.25) is 9.48 Å². The number of carbonyl (C=O) groups is 1. The predicted octanol–water partition coefficient (Wildman–Crippen LogP) is 7.39. The number of amides is 1. The number of carbonyl (C=O) groups excluding carboxylic acids is 1. The molecule has 9 heteroatoms. The average molecular weight is 490 g/mol. The molecule has 0 radical (unpaired) electrons. The first-order valence-electron chi connectivity index (χ1n) is 9.72. The van der Waals surface area contributed by atoms with Gasteiger partial charge < -0.3 is 5.32 Å². The molecule has 0 unspecified atom stereocenters. The SMILES string of the molecule is Cn1cc(C(=O)Nc2c(-c3ccc(Cl)c(Cl)c3)ccc(F)c2-c2ccccc2)c(C(F)F)n1. The lowest BCUT2D eigenvalue weighted by Gasteiger charge is -2.18. The zero-order chi connectivity index (χ0) is 23.7. The molecule has 0 aliphatic carbocycles. The Balaban J connectivity index is 1.92. The highest BCUT2D eigenvalue weighted by atomic mass is 35.5. The summed E-state index contributed by atoms with van der Waals surface area (Å²) in [5.74, 6) is -1.44. The first-order chi connectivity index (χ1) is 15.8. The van der Waals surface area contributed by atoms with Gasteiger partial charge in [-0.15, -0.1) is 0 Å². The van der Waals surface area contributed by atoms with Crippen LogP contribution in [0.4, 0.5) is 18.9 Å². The second kappa shape index (κ2) is 9.29. The largest absolute Gasteiger partial charge is 0.321 e. The van der Waals surface area contributed by atoms with Crippen molar-refractivity contribution in [2.45, 2.75) is 6.43 Å². The van der Waals surface area contributed by atoms with Crippen LogP contribution in [0.2, 0.25) is 10.0 Å². The smallest absolute Gasteiger partial charge is 0.282 e. The van der Waals surface area contributed by atoms with E-state index in [1.807, 2.05) is 0 Å². The number of hydrogen-bond donors (Lipinski definition) is 1. The zero-order valence-corrected chi connectivity index (χ0v) is 18.6. The van der Waals surface area contributed by atoms with E-state index in [1.165, 1.54) is 25.4 Å². The van der Waals surface area contributed by atoms with Crippen molar-refractivity contribution in [1.29, 1.82) is 0 Å². The van der Waals surface area contributed by atoms with Crippen molar-refractivity contribution >= 4 is 34.8 Å². The van der Waals surface area contributed by atoms with E-state index in [-0.39, 0.29) is 21.8 Å². The zero-order valence-electron chi connectivity index (χ0n) is 17.1. The number of anilines is 1. The number of nitrogens with zero attached hydrogens (tertiary/aromatic N) is 2. The van der Waals surface area contributed by atoms with Gasteiger partial charge in [-0.05, 0) is 35.4 Å². The fraction of sp³-hybridized carbons (Fsp3) is 0.0833. The molecule has 4 rings (SSSR count). The van der Waals surface area contributed by atoms with Crippen molar-refractivity contribution < 1.29 is 18.0 Å². The third-order valence-corrected chi connectivity index (χ3v) is 5.73. The molecule has 0 aliphatic rings. The molecule has 1 N–H and O–H groups in total. The number of aromatic nitrogens is 2. The molecule has 0 bridgehead atoms. The fourth-order valence-electron chi connectivity index (χ4n) is 3.52. The number of alkyl halides is 2. The minimum absolute atomic E-state index is 0.105. The van der Waals surface area contributed by atoms with Crippen LogP contribution in [0.25, 0.3) is 22.3 Å². The van der Waals surface area contributed by atoms with Crippen LogP contribution in [0.3, 0.4) is 0 Å². The van der Waals surface area contributed by atoms with E-state index in [4.69, 9.17) is 23.2 Å². The molecule has 0 atom stereocenters. The van der Waals surface area contributed by atoms with Crippen molar-refractivity contribution in [1.82, 2.24) is 9.78 Å². The van der Waals surface area contributed by atoms with Gasteiger partial charge in [-0.25, -0.2) is 13.2 Å². The number of benzene rings is 3. The first-order valence-corrected chi connectivity index (χ1v) is 10.5. The maximum atomic E-state index is 15.1. The second-order valence-electron chi connectivity index (χ2n) is 7.20. The molecule has 3 aromatic carbocycles. The van der Waals surface area contributed by atoms with Gasteiger partial charge in [0.05, 0.1) is 21.3 Å². The van der Waals surface area contributed by atoms with Crippen molar-refractivity contribution in [2.24, 2.45) is 7.05 Å². The van der Waals surface area contributed by atoms with Crippen LogP contribution in [0.15, 0.2) is 66.9 Å². The van der Waals surface area contributed by atoms with Crippen LogP contribution in [-0.4, -0.2) is 15.7 Å². The van der Waals surface area contributed by atoms with Crippen molar-refractivity contribution in [2.75, 3.05) is 5.32 Å². The van der Waals surface area contributed by atoms with Gasteiger partial charge in [0.2, 0.25) is 0 Å². The van der Waals surface area contributed by atoms with E-state index in [1.54, 1.807) is 48.5 Å². The number of rotatable bonds is 5. The van der Waals surface area contributed by atoms with Crippen molar-refractivity contribution in [3.8, 4) is 22.3 Å². The van der Waals surface area contributed by atoms with E-state index < -0.39 is 23.8 Å². The first kappa shape index (κ1) is 22.9. The monoisotopic (exact) mass is 489 g/mol. The van der Waals surface area contributed by atoms with E-state index in [0.29, 0.717) is 21.7 Å². The van der Waals surface area contributed by atoms with Crippen molar-refractivity contribution in [3.63, 3.8) is 0 Å². The third-order valence-electron chi connectivity index (χ3n) is 4.99. The number of nitrogens with one attached hydrogen (secondary N) is 1. The lowest BCUT2D eigenvalue weighted by atomic mass is 9.95. The Morgan fingerprint density at radius 1 is 1.00 bits per heavy atom. The predicted molar refractivity (Wildman–Crippen MR) is 123 cm³/mol. The van der Waals surface area contributed by atoms with Crippen LogP contribution >= 0.6 is 23.2 Å². The summed E-state index contributed by atoms with van der Waals surface area (Å²) in [6, 6.07) is 16.2. The lowest BCUT2D eigenvalue weighted by molar-refractivity contribution is 0.101. The van der Waals surface area contributed by atoms with Gasteiger partial charge in [0, 0.05) is 24.4 Å². The molecule has 168 valence electrons. The summed E-state index contributed by atoms with van der Waals surface area (Å²) in [5, 5.41) is 6.90. The molecule has 0 fully saturated rings. The van der Waals surface area contributed by atoms with E-state index >= 15 is 4.39 Å². The van der Waals surface area contributed by atoms with Gasteiger partial charge in [0.1, 0.15) is 11.5 Å². The molecule has 1 heterocycles. The Bertz CT molecular complexity index is 1340. The van der Waals surface area contributed by atoms with Crippen LogP contribution in [0.1, 0.15) is 22.5 Å². The molecular weight excluding hydrogens is 474 g/mol. The van der Waals surface area contributed by atoms with Crippen LogP contribution in [0.5, 0.6) is 0 Å². The van der Waals surface area contributed by atoms with Gasteiger partial charge in [-0.1, -0.05) is 59.6 Å². The number of halogens is 5. The third kappa shape index (κ3) is 4.60. The molecule has 4 nitrogen and oxygen atoms in total. The normalized spacial score (nSPS) is 11.1. The van der Waals surface area contributed by atoms with Gasteiger partial charge >= 0.3 is 0 Å². The molecular formula is C24H16Cl2F3N3O. The Morgan fingerprint density at radius 2 is 1.73 bits per heavy atom. The van der Waals surface area contributed by atoms with Crippen LogP contribution in [0, 0.1) is 5.82 Å². The Hall–Kier alpha value is -3.29. The van der Waals surface area contributed by atoms with E-state index in [9.17, 15) is 13.6 Å². The molecule has 0 saturated heterocycles. The highest BCUT2D eigenvalue weighted by Crippen LogP contribution is 2.41. The maximum absolute atomic E-state index is 15.1. The Kier molecular flexibility index (Phi) is 6.44. The summed E-state index contributed by atoms with van der Waals surface area (Å²) in [4.78, 5) is 13.1. The molecule has 0 aliphatic heterocycles. The fourth-order valence-corrected chi connectivity index (χ4v) is 3.82. The van der Waals surface area contributed by atoms with Gasteiger partial charge in [-0.2, -0.15) is 5.10 Å². The molecule has 1 amide bonds. The minimum atomic E-state index is -2.96. The summed E-state index contributed by atoms with van der Waals surface area (Å²) in [5.41, 5.74) is 0.720.